The van der Waals surface area contributed by atoms with Gasteiger partial charge in [-0.05, 0) is 30.0 Å². The van der Waals surface area contributed by atoms with E-state index in [2.05, 4.69) is 44.7 Å². The third kappa shape index (κ3) is 2.32. The Balaban J connectivity index is 3.12. The molecule has 0 saturated heterocycles. The first-order valence-corrected chi connectivity index (χ1v) is 4.67. The summed E-state index contributed by atoms with van der Waals surface area (Å²) in [5.41, 5.74) is 4.11. The average Bonchev–Trinajstić information content (AvgIpc) is 2.15. The zero-order valence-corrected chi connectivity index (χ0v) is 8.38. The van der Waals surface area contributed by atoms with Gasteiger partial charge in [0.2, 0.25) is 0 Å². The van der Waals surface area contributed by atoms with E-state index in [9.17, 15) is 0 Å². The fourth-order valence-electron chi connectivity index (χ4n) is 1.54. The maximum absolute atomic E-state index is 3.67. The van der Waals surface area contributed by atoms with E-state index >= 15 is 0 Å². The molecule has 0 nitrogen and oxygen atoms in total. The predicted molar refractivity (Wildman–Crippen MR) is 59.8 cm³/mol. The molecule has 0 aliphatic carbocycles. The molecule has 0 amide bonds. The zero-order chi connectivity index (χ0) is 9.68. The van der Waals surface area contributed by atoms with Crippen LogP contribution in [0.2, 0.25) is 0 Å². The number of allylic oxidation sites excluding steroid dienone is 2. The van der Waals surface area contributed by atoms with Gasteiger partial charge in [0.15, 0.2) is 0 Å². The zero-order valence-electron chi connectivity index (χ0n) is 8.38. The van der Waals surface area contributed by atoms with Gasteiger partial charge < -0.3 is 0 Å². The molecule has 0 radical (unpaired) electrons. The lowest BCUT2D eigenvalue weighted by molar-refractivity contribution is 1.10. The molecule has 1 rings (SSSR count). The van der Waals surface area contributed by atoms with Crippen LogP contribution in [0.25, 0.3) is 6.08 Å². The molecule has 68 valence electrons. The molecular formula is C13H16. The van der Waals surface area contributed by atoms with Gasteiger partial charge in [0.05, 0.1) is 0 Å². The van der Waals surface area contributed by atoms with Crippen LogP contribution >= 0.6 is 0 Å². The molecule has 0 aliphatic heterocycles. The smallest absolute Gasteiger partial charge is 0.0222 e. The van der Waals surface area contributed by atoms with Crippen molar-refractivity contribution in [3.05, 3.63) is 53.6 Å². The molecule has 0 saturated carbocycles. The van der Waals surface area contributed by atoms with E-state index < -0.39 is 0 Å². The highest BCUT2D eigenvalue weighted by Crippen LogP contribution is 2.16. The Hall–Kier alpha value is -1.30. The lowest BCUT2D eigenvalue weighted by Crippen LogP contribution is -1.89. The third-order valence-electron chi connectivity index (χ3n) is 2.21. The minimum absolute atomic E-state index is 1.09. The first kappa shape index (κ1) is 9.79. The summed E-state index contributed by atoms with van der Waals surface area (Å²) in [4.78, 5) is 0. The van der Waals surface area contributed by atoms with Crippen molar-refractivity contribution in [1.82, 2.24) is 0 Å². The fourth-order valence-corrected chi connectivity index (χ4v) is 1.54. The second-order valence-corrected chi connectivity index (χ2v) is 3.09. The Bertz CT molecular complexity index is 319. The van der Waals surface area contributed by atoms with Gasteiger partial charge in [-0.2, -0.15) is 0 Å². The summed E-state index contributed by atoms with van der Waals surface area (Å²) in [6.45, 7) is 8.01. The SMILES string of the molecule is C=CC=Cc1cccc(C)c1CC. The van der Waals surface area contributed by atoms with Gasteiger partial charge in [-0.1, -0.05) is 49.9 Å². The second-order valence-electron chi connectivity index (χ2n) is 3.09. The average molecular weight is 172 g/mol. The standard InChI is InChI=1S/C13H16/c1-4-6-9-12-10-7-8-11(3)13(12)5-2/h4,6-10H,1,5H2,2-3H3. The van der Waals surface area contributed by atoms with E-state index in [1.54, 1.807) is 0 Å². The molecule has 0 fully saturated rings. The van der Waals surface area contributed by atoms with E-state index in [0.29, 0.717) is 0 Å². The summed E-state index contributed by atoms with van der Waals surface area (Å²) < 4.78 is 0. The third-order valence-corrected chi connectivity index (χ3v) is 2.21. The minimum atomic E-state index is 1.09. The molecule has 13 heavy (non-hydrogen) atoms. The monoisotopic (exact) mass is 172 g/mol. The number of aryl methyl sites for hydroxylation is 1. The van der Waals surface area contributed by atoms with Gasteiger partial charge in [-0.3, -0.25) is 0 Å². The van der Waals surface area contributed by atoms with Crippen molar-refractivity contribution in [2.24, 2.45) is 0 Å². The van der Waals surface area contributed by atoms with Gasteiger partial charge in [-0.25, -0.2) is 0 Å². The number of hydrogen-bond donors (Lipinski definition) is 0. The van der Waals surface area contributed by atoms with Crippen molar-refractivity contribution in [3.63, 3.8) is 0 Å². The highest BCUT2D eigenvalue weighted by Gasteiger charge is 1.98. The second kappa shape index (κ2) is 4.66. The Labute approximate surface area is 80.6 Å². The largest absolute Gasteiger partial charge is 0.0991 e. The molecule has 0 atom stereocenters. The minimum Gasteiger partial charge on any atom is -0.0991 e. The summed E-state index contributed by atoms with van der Waals surface area (Å²) in [6, 6.07) is 6.40. The summed E-state index contributed by atoms with van der Waals surface area (Å²) in [5, 5.41) is 0. The van der Waals surface area contributed by atoms with Crippen LogP contribution < -0.4 is 0 Å². The fraction of sp³-hybridized carbons (Fsp3) is 0.231. The van der Waals surface area contributed by atoms with Crippen LogP contribution in [0, 0.1) is 6.92 Å². The molecule has 1 aromatic rings. The molecule has 0 heteroatoms. The predicted octanol–water partition coefficient (Wildman–Crippen LogP) is 3.76. The van der Waals surface area contributed by atoms with Crippen molar-refractivity contribution in [2.75, 3.05) is 0 Å². The van der Waals surface area contributed by atoms with Crippen LogP contribution in [-0.4, -0.2) is 0 Å². The van der Waals surface area contributed by atoms with Gasteiger partial charge in [0.25, 0.3) is 0 Å². The maximum atomic E-state index is 3.67. The Morgan fingerprint density at radius 1 is 1.38 bits per heavy atom. The van der Waals surface area contributed by atoms with Crippen LogP contribution in [0.15, 0.2) is 36.9 Å². The molecular weight excluding hydrogens is 156 g/mol. The molecule has 0 aliphatic rings. The van der Waals surface area contributed by atoms with E-state index in [1.165, 1.54) is 16.7 Å². The van der Waals surface area contributed by atoms with Crippen LogP contribution in [0.3, 0.4) is 0 Å². The lowest BCUT2D eigenvalue weighted by atomic mass is 9.99. The van der Waals surface area contributed by atoms with Gasteiger partial charge in [0.1, 0.15) is 0 Å². The van der Waals surface area contributed by atoms with E-state index in [1.807, 2.05) is 12.2 Å². The highest BCUT2D eigenvalue weighted by atomic mass is 14.0. The van der Waals surface area contributed by atoms with Crippen molar-refractivity contribution in [3.8, 4) is 0 Å². The van der Waals surface area contributed by atoms with Crippen LogP contribution in [0.5, 0.6) is 0 Å². The molecule has 1 aromatic carbocycles. The molecule has 0 aromatic heterocycles. The maximum Gasteiger partial charge on any atom is -0.0222 e. The Morgan fingerprint density at radius 2 is 2.15 bits per heavy atom. The van der Waals surface area contributed by atoms with Crippen LogP contribution in [0.4, 0.5) is 0 Å². The van der Waals surface area contributed by atoms with Crippen molar-refractivity contribution >= 4 is 6.08 Å². The Morgan fingerprint density at radius 3 is 2.77 bits per heavy atom. The summed E-state index contributed by atoms with van der Waals surface area (Å²) in [6.07, 6.45) is 6.98. The van der Waals surface area contributed by atoms with Gasteiger partial charge in [-0.15, -0.1) is 0 Å². The first-order chi connectivity index (χ1) is 6.29. The molecule has 0 unspecified atom stereocenters. The first-order valence-electron chi connectivity index (χ1n) is 4.67. The summed E-state index contributed by atoms with van der Waals surface area (Å²) >= 11 is 0. The van der Waals surface area contributed by atoms with Crippen molar-refractivity contribution < 1.29 is 0 Å². The van der Waals surface area contributed by atoms with Crippen LogP contribution in [0.1, 0.15) is 23.6 Å². The molecule has 0 spiro atoms. The van der Waals surface area contributed by atoms with E-state index in [0.717, 1.165) is 6.42 Å². The molecule has 0 heterocycles. The number of benzene rings is 1. The van der Waals surface area contributed by atoms with E-state index in [4.69, 9.17) is 0 Å². The van der Waals surface area contributed by atoms with Crippen molar-refractivity contribution in [1.29, 1.82) is 0 Å². The lowest BCUT2D eigenvalue weighted by Gasteiger charge is -2.06. The normalized spacial score (nSPS) is 10.6. The summed E-state index contributed by atoms with van der Waals surface area (Å²) in [7, 11) is 0. The van der Waals surface area contributed by atoms with Gasteiger partial charge >= 0.3 is 0 Å². The quantitative estimate of drug-likeness (QED) is 0.609. The topological polar surface area (TPSA) is 0 Å². The highest BCUT2D eigenvalue weighted by molar-refractivity contribution is 5.57. The number of rotatable bonds is 3. The Kier molecular flexibility index (Phi) is 3.51. The summed E-state index contributed by atoms with van der Waals surface area (Å²) in [5.74, 6) is 0. The van der Waals surface area contributed by atoms with E-state index in [-0.39, 0.29) is 0 Å². The van der Waals surface area contributed by atoms with Crippen LogP contribution in [-0.2, 0) is 6.42 Å². The van der Waals surface area contributed by atoms with Gasteiger partial charge in [0, 0.05) is 0 Å². The molecule has 0 N–H and O–H groups in total. The number of hydrogen-bond acceptors (Lipinski definition) is 0. The molecule has 0 bridgehead atoms. The van der Waals surface area contributed by atoms with Crippen molar-refractivity contribution in [2.45, 2.75) is 20.3 Å².